The van der Waals surface area contributed by atoms with Gasteiger partial charge in [-0.2, -0.15) is 13.2 Å². The van der Waals surface area contributed by atoms with Crippen LogP contribution in [0.3, 0.4) is 0 Å². The molecule has 1 aliphatic heterocycles. The zero-order valence-electron chi connectivity index (χ0n) is 40.3. The number of amides is 3. The van der Waals surface area contributed by atoms with E-state index >= 15 is 4.39 Å². The van der Waals surface area contributed by atoms with Gasteiger partial charge in [-0.3, -0.25) is 33.1 Å². The van der Waals surface area contributed by atoms with Crippen LogP contribution in [-0.2, 0) is 56.2 Å². The molecule has 0 spiro atoms. The molecule has 2 aliphatic rings. The van der Waals surface area contributed by atoms with Crippen molar-refractivity contribution in [2.24, 2.45) is 28.5 Å². The number of halogens is 4. The van der Waals surface area contributed by atoms with Gasteiger partial charge in [-0.05, 0) is 67.0 Å². The second kappa shape index (κ2) is 22.8. The first-order valence-electron chi connectivity index (χ1n) is 23.5. The number of phosphoric acid groups is 1. The SMILES string of the molecule is Cc1cc(C)c(C(C)(C)CC(=O)OCN2C(=O)C(NC(=O)[C@H](CCC(F)(F)F)[C@H](CC3CC3)C(N)=O)N=C(c3ccccc3)c3cccc(F)c32)c(OP(=O)(OCc2ccccc2)OCc2ccccc2)c1. The number of nitrogens with one attached hydrogen (secondary N) is 1. The van der Waals surface area contributed by atoms with E-state index < -0.39 is 86.5 Å². The summed E-state index contributed by atoms with van der Waals surface area (Å²) in [6.07, 6.45) is -7.67. The third-order valence-corrected chi connectivity index (χ3v) is 13.9. The lowest BCUT2D eigenvalue weighted by atomic mass is 9.78. The molecule has 0 aromatic heterocycles. The smallest absolute Gasteiger partial charge is 0.444 e. The minimum absolute atomic E-state index is 0.00724. The highest BCUT2D eigenvalue weighted by atomic mass is 31.2. The van der Waals surface area contributed by atoms with E-state index in [9.17, 15) is 36.9 Å². The molecule has 380 valence electrons. The van der Waals surface area contributed by atoms with Gasteiger partial charge >= 0.3 is 20.0 Å². The van der Waals surface area contributed by atoms with Gasteiger partial charge in [0.1, 0.15) is 11.6 Å². The van der Waals surface area contributed by atoms with Crippen molar-refractivity contribution in [1.29, 1.82) is 0 Å². The van der Waals surface area contributed by atoms with E-state index in [1.807, 2.05) is 49.4 Å². The van der Waals surface area contributed by atoms with Gasteiger partial charge in [0.15, 0.2) is 6.73 Å². The maximum atomic E-state index is 16.3. The number of nitrogens with two attached hydrogens (primary N) is 1. The lowest BCUT2D eigenvalue weighted by molar-refractivity contribution is -0.148. The number of alkyl halides is 3. The van der Waals surface area contributed by atoms with Crippen molar-refractivity contribution in [2.45, 2.75) is 97.2 Å². The number of primary amides is 1. The number of esters is 1. The van der Waals surface area contributed by atoms with Crippen LogP contribution in [0, 0.1) is 37.4 Å². The number of hydrogen-bond donors (Lipinski definition) is 2. The van der Waals surface area contributed by atoms with E-state index in [-0.39, 0.29) is 54.7 Å². The molecule has 0 bridgehead atoms. The molecule has 1 saturated carbocycles. The molecule has 0 radical (unpaired) electrons. The Kier molecular flexibility index (Phi) is 16.8. The van der Waals surface area contributed by atoms with E-state index in [0.717, 1.165) is 16.5 Å². The number of benzodiazepines with no additional fused rings is 1. The Morgan fingerprint density at radius 1 is 0.847 bits per heavy atom. The molecule has 5 aromatic rings. The third kappa shape index (κ3) is 13.8. The fourth-order valence-corrected chi connectivity index (χ4v) is 10.2. The molecular weight excluding hydrogens is 956 g/mol. The van der Waals surface area contributed by atoms with Crippen molar-refractivity contribution in [1.82, 2.24) is 5.32 Å². The lowest BCUT2D eigenvalue weighted by Gasteiger charge is -2.31. The van der Waals surface area contributed by atoms with E-state index in [4.69, 9.17) is 24.0 Å². The van der Waals surface area contributed by atoms with Gasteiger partial charge in [0.2, 0.25) is 18.0 Å². The van der Waals surface area contributed by atoms with Gasteiger partial charge in [-0.1, -0.05) is 136 Å². The summed E-state index contributed by atoms with van der Waals surface area (Å²) < 4.78 is 95.9. The number of aryl methyl sites for hydroxylation is 2. The summed E-state index contributed by atoms with van der Waals surface area (Å²) in [5.74, 6) is -7.70. The van der Waals surface area contributed by atoms with Gasteiger partial charge < -0.3 is 20.3 Å². The number of rotatable bonds is 22. The molecule has 7 rings (SSSR count). The number of benzene rings is 5. The summed E-state index contributed by atoms with van der Waals surface area (Å²) in [7, 11) is -4.41. The van der Waals surface area contributed by atoms with E-state index in [2.05, 4.69) is 10.3 Å². The number of phosphoric ester groups is 1. The van der Waals surface area contributed by atoms with Crippen molar-refractivity contribution in [3.63, 3.8) is 0 Å². The van der Waals surface area contributed by atoms with Crippen LogP contribution >= 0.6 is 7.82 Å². The summed E-state index contributed by atoms with van der Waals surface area (Å²) in [5.41, 5.74) is 7.99. The van der Waals surface area contributed by atoms with Gasteiger partial charge in [-0.25, -0.2) is 13.9 Å². The monoisotopic (exact) mass is 1010 g/mol. The van der Waals surface area contributed by atoms with Crippen LogP contribution in [0.4, 0.5) is 23.2 Å². The lowest BCUT2D eigenvalue weighted by Crippen LogP contribution is -2.51. The van der Waals surface area contributed by atoms with Crippen LogP contribution < -0.4 is 20.5 Å². The topological polar surface area (TPSA) is 176 Å². The number of hydrogen-bond acceptors (Lipinski definition) is 10. The van der Waals surface area contributed by atoms with Crippen molar-refractivity contribution >= 4 is 42.9 Å². The van der Waals surface area contributed by atoms with Gasteiger partial charge in [-0.15, -0.1) is 0 Å². The molecule has 3 N–H and O–H groups in total. The average Bonchev–Trinajstić information content (AvgIpc) is 4.17. The maximum absolute atomic E-state index is 16.3. The first-order valence-corrected chi connectivity index (χ1v) is 25.0. The number of fused-ring (bicyclic) bond motifs is 1. The quantitative estimate of drug-likeness (QED) is 0.0388. The molecule has 3 amide bonds. The second-order valence-electron chi connectivity index (χ2n) is 18.8. The molecule has 13 nitrogen and oxygen atoms in total. The van der Waals surface area contributed by atoms with Crippen LogP contribution in [-0.4, -0.2) is 48.5 Å². The van der Waals surface area contributed by atoms with Gasteiger partial charge in [0.05, 0.1) is 31.0 Å². The zero-order chi connectivity index (χ0) is 51.8. The number of carbonyl (C=O) groups is 4. The van der Waals surface area contributed by atoms with E-state index in [0.29, 0.717) is 40.7 Å². The Balaban J connectivity index is 1.17. The summed E-state index contributed by atoms with van der Waals surface area (Å²) in [6.45, 7) is 5.94. The fraction of sp³-hybridized carbons (Fsp3) is 0.352. The minimum Gasteiger partial charge on any atom is -0.444 e. The number of para-hydroxylation sites is 1. The third-order valence-electron chi connectivity index (χ3n) is 12.5. The zero-order valence-corrected chi connectivity index (χ0v) is 41.2. The van der Waals surface area contributed by atoms with Crippen molar-refractivity contribution in [3.8, 4) is 5.75 Å². The molecular formula is C54H57F4N4O9P. The van der Waals surface area contributed by atoms with Crippen LogP contribution in [0.15, 0.2) is 126 Å². The van der Waals surface area contributed by atoms with E-state index in [1.165, 1.54) is 12.1 Å². The number of carbonyl (C=O) groups excluding carboxylic acids is 4. The highest BCUT2D eigenvalue weighted by Crippen LogP contribution is 2.54. The van der Waals surface area contributed by atoms with Gasteiger partial charge in [0, 0.05) is 40.4 Å². The van der Waals surface area contributed by atoms with Crippen LogP contribution in [0.25, 0.3) is 0 Å². The van der Waals surface area contributed by atoms with Gasteiger partial charge in [0.25, 0.3) is 5.91 Å². The second-order valence-corrected chi connectivity index (χ2v) is 20.4. The first kappa shape index (κ1) is 53.1. The summed E-state index contributed by atoms with van der Waals surface area (Å²) >= 11 is 0. The standard InChI is InChI=1S/C54H57F4N4O9P/c1-34-27-35(2)46(44(28-34)71-72(67,69-31-37-15-8-5-9-16-37)70-32-38-17-10-6-11-18-38)53(3,4)30-45(63)68-33-62-48-41(21-14-22-43(48)55)47(39-19-12-7-13-20-39)60-50(52(62)66)61-51(65)40(25-26-54(56,57)58)42(49(59)64)29-36-23-24-36/h5-22,27-28,36,40,42,50H,23-26,29-33H2,1-4H3,(H2,59,64)(H,61,65)/t40-,42+,50?/m1/s1. The van der Waals surface area contributed by atoms with Crippen molar-refractivity contribution in [2.75, 3.05) is 11.6 Å². The summed E-state index contributed by atoms with van der Waals surface area (Å²) in [5, 5.41) is 2.46. The first-order chi connectivity index (χ1) is 34.2. The molecule has 18 heteroatoms. The Hall–Kier alpha value is -6.68. The Morgan fingerprint density at radius 3 is 2.01 bits per heavy atom. The van der Waals surface area contributed by atoms with Crippen molar-refractivity contribution < 1.29 is 59.6 Å². The Morgan fingerprint density at radius 2 is 1.44 bits per heavy atom. The maximum Gasteiger partial charge on any atom is 0.530 e. The molecule has 1 aliphatic carbocycles. The Labute approximate surface area is 415 Å². The highest BCUT2D eigenvalue weighted by Gasteiger charge is 2.43. The van der Waals surface area contributed by atoms with Crippen LogP contribution in [0.1, 0.15) is 91.3 Å². The van der Waals surface area contributed by atoms with E-state index in [1.54, 1.807) is 81.4 Å². The molecule has 72 heavy (non-hydrogen) atoms. The van der Waals surface area contributed by atoms with Crippen molar-refractivity contribution in [3.05, 3.63) is 166 Å². The summed E-state index contributed by atoms with van der Waals surface area (Å²) in [6, 6.07) is 33.9. The number of ether oxygens (including phenoxy) is 1. The molecule has 3 atom stereocenters. The molecule has 1 heterocycles. The fourth-order valence-electron chi connectivity index (χ4n) is 8.98. The predicted octanol–water partition coefficient (Wildman–Crippen LogP) is 10.7. The average molecular weight is 1010 g/mol. The molecule has 1 fully saturated rings. The summed E-state index contributed by atoms with van der Waals surface area (Å²) in [4.78, 5) is 61.3. The normalized spacial score (nSPS) is 15.9. The highest BCUT2D eigenvalue weighted by molar-refractivity contribution is 7.48. The number of nitrogens with zero attached hydrogens (tertiary/aromatic N) is 2. The largest absolute Gasteiger partial charge is 0.530 e. The predicted molar refractivity (Wildman–Crippen MR) is 262 cm³/mol. The number of anilines is 1. The molecule has 0 saturated heterocycles. The minimum atomic E-state index is -4.69. The number of aliphatic imine (C=N–C) groups is 1. The van der Waals surface area contributed by atoms with Crippen LogP contribution in [0.5, 0.6) is 5.75 Å². The Bertz CT molecular complexity index is 2780. The molecule has 5 aromatic carbocycles. The molecule has 1 unspecified atom stereocenters. The van der Waals surface area contributed by atoms with Crippen LogP contribution in [0.2, 0.25) is 0 Å².